The predicted octanol–water partition coefficient (Wildman–Crippen LogP) is 2.57. The van der Waals surface area contributed by atoms with Crippen molar-refractivity contribution in [3.8, 4) is 0 Å². The Morgan fingerprint density at radius 1 is 1.18 bits per heavy atom. The summed E-state index contributed by atoms with van der Waals surface area (Å²) in [5, 5.41) is 10.3. The Labute approximate surface area is 163 Å². The van der Waals surface area contributed by atoms with Crippen LogP contribution in [-0.4, -0.2) is 35.8 Å². The fourth-order valence-electron chi connectivity index (χ4n) is 2.91. The number of amides is 1. The van der Waals surface area contributed by atoms with Crippen LogP contribution < -0.4 is 11.1 Å². The Morgan fingerprint density at radius 2 is 1.89 bits per heavy atom. The number of esters is 1. The average molecular weight is 378 g/mol. The van der Waals surface area contributed by atoms with Crippen LogP contribution in [0.5, 0.6) is 0 Å². The van der Waals surface area contributed by atoms with Gasteiger partial charge in [0, 0.05) is 29.6 Å². The van der Waals surface area contributed by atoms with Crippen LogP contribution in [0.25, 0.3) is 6.08 Å². The summed E-state index contributed by atoms with van der Waals surface area (Å²) >= 11 is 0. The maximum Gasteiger partial charge on any atom is 0.325 e. The number of ether oxygens (including phenoxy) is 1. The summed E-state index contributed by atoms with van der Waals surface area (Å²) in [6.45, 7) is 2.96. The third-order valence-electron chi connectivity index (χ3n) is 4.34. The van der Waals surface area contributed by atoms with Crippen molar-refractivity contribution in [1.82, 2.24) is 4.90 Å². The molecular weight excluding hydrogens is 356 g/mol. The highest BCUT2D eigenvalue weighted by Gasteiger charge is 2.15. The van der Waals surface area contributed by atoms with E-state index in [9.17, 15) is 9.59 Å². The molecule has 0 radical (unpaired) electrons. The smallest absolute Gasteiger partial charge is 0.325 e. The van der Waals surface area contributed by atoms with E-state index in [0.717, 1.165) is 11.1 Å². The molecule has 0 saturated carbocycles. The molecule has 0 spiro atoms. The Balaban J connectivity index is 1.66. The second-order valence-electron chi connectivity index (χ2n) is 6.38. The van der Waals surface area contributed by atoms with E-state index in [1.807, 2.05) is 35.4 Å². The van der Waals surface area contributed by atoms with Crippen molar-refractivity contribution in [3.05, 3.63) is 70.9 Å². The second kappa shape index (κ2) is 8.39. The Kier molecular flexibility index (Phi) is 5.74. The largest absolute Gasteiger partial charge is 0.465 e. The molecule has 7 heteroatoms. The number of carbonyl (C=O) groups is 2. The van der Waals surface area contributed by atoms with Crippen LogP contribution in [-0.2, 0) is 16.1 Å². The summed E-state index contributed by atoms with van der Waals surface area (Å²) in [4.78, 5) is 25.9. The molecule has 0 unspecified atom stereocenters. The van der Waals surface area contributed by atoms with Crippen molar-refractivity contribution in [2.24, 2.45) is 5.73 Å². The molecule has 1 heterocycles. The first kappa shape index (κ1) is 19.2. The molecule has 1 aliphatic rings. The van der Waals surface area contributed by atoms with Crippen LogP contribution in [0.4, 0.5) is 5.69 Å². The molecule has 2 aromatic rings. The predicted molar refractivity (Wildman–Crippen MR) is 108 cm³/mol. The molecule has 0 fully saturated rings. The number of anilines is 1. The fraction of sp³-hybridized carbons (Fsp3) is 0.190. The van der Waals surface area contributed by atoms with Crippen LogP contribution in [0.15, 0.2) is 48.7 Å². The van der Waals surface area contributed by atoms with E-state index in [-0.39, 0.29) is 24.3 Å². The SMILES string of the molecule is CCOC(=O)CN1C=Cc2cc(NC(=O)c3ccc(C(=N)N)cc3)ccc2C1. The normalized spacial score (nSPS) is 12.2. The van der Waals surface area contributed by atoms with Crippen molar-refractivity contribution in [1.29, 1.82) is 5.41 Å². The minimum absolute atomic E-state index is 0.0366. The van der Waals surface area contributed by atoms with Crippen molar-refractivity contribution in [2.75, 3.05) is 18.5 Å². The summed E-state index contributed by atoms with van der Waals surface area (Å²) in [7, 11) is 0. The lowest BCUT2D eigenvalue weighted by Crippen LogP contribution is -2.28. The monoisotopic (exact) mass is 378 g/mol. The minimum Gasteiger partial charge on any atom is -0.465 e. The van der Waals surface area contributed by atoms with E-state index >= 15 is 0 Å². The molecule has 144 valence electrons. The summed E-state index contributed by atoms with van der Waals surface area (Å²) in [6.07, 6.45) is 3.76. The molecule has 7 nitrogen and oxygen atoms in total. The average Bonchev–Trinajstić information content (AvgIpc) is 2.68. The van der Waals surface area contributed by atoms with Crippen molar-refractivity contribution >= 4 is 29.5 Å². The van der Waals surface area contributed by atoms with Gasteiger partial charge in [0.2, 0.25) is 0 Å². The lowest BCUT2D eigenvalue weighted by molar-refractivity contribution is -0.143. The van der Waals surface area contributed by atoms with Gasteiger partial charge in [0.25, 0.3) is 5.91 Å². The first-order valence-corrected chi connectivity index (χ1v) is 8.93. The van der Waals surface area contributed by atoms with Crippen LogP contribution in [0.3, 0.4) is 0 Å². The van der Waals surface area contributed by atoms with Crippen LogP contribution in [0.2, 0.25) is 0 Å². The maximum absolute atomic E-state index is 12.4. The third-order valence-corrected chi connectivity index (χ3v) is 4.34. The van der Waals surface area contributed by atoms with Crippen LogP contribution >= 0.6 is 0 Å². The second-order valence-corrected chi connectivity index (χ2v) is 6.38. The minimum atomic E-state index is -0.254. The zero-order valence-electron chi connectivity index (χ0n) is 15.6. The first-order chi connectivity index (χ1) is 13.5. The van der Waals surface area contributed by atoms with Crippen molar-refractivity contribution in [2.45, 2.75) is 13.5 Å². The van der Waals surface area contributed by atoms with Gasteiger partial charge in [0.15, 0.2) is 0 Å². The first-order valence-electron chi connectivity index (χ1n) is 8.93. The molecule has 0 saturated heterocycles. The highest BCUT2D eigenvalue weighted by molar-refractivity contribution is 6.05. The third kappa shape index (κ3) is 4.56. The van der Waals surface area contributed by atoms with E-state index in [0.29, 0.717) is 30.0 Å². The van der Waals surface area contributed by atoms with Gasteiger partial charge in [-0.1, -0.05) is 18.2 Å². The van der Waals surface area contributed by atoms with Gasteiger partial charge < -0.3 is 20.7 Å². The Morgan fingerprint density at radius 3 is 2.57 bits per heavy atom. The molecule has 1 amide bonds. The number of rotatable bonds is 6. The number of nitrogen functional groups attached to an aromatic ring is 1. The lowest BCUT2D eigenvalue weighted by Gasteiger charge is -2.24. The molecule has 4 N–H and O–H groups in total. The number of amidine groups is 1. The maximum atomic E-state index is 12.4. The van der Waals surface area contributed by atoms with Gasteiger partial charge in [0.05, 0.1) is 6.61 Å². The molecule has 2 aromatic carbocycles. The zero-order valence-corrected chi connectivity index (χ0v) is 15.6. The molecular formula is C21H22N4O3. The Hall–Kier alpha value is -3.61. The van der Waals surface area contributed by atoms with Crippen LogP contribution in [0, 0.1) is 5.41 Å². The van der Waals surface area contributed by atoms with Gasteiger partial charge in [-0.3, -0.25) is 15.0 Å². The lowest BCUT2D eigenvalue weighted by atomic mass is 10.0. The van der Waals surface area contributed by atoms with Crippen LogP contribution in [0.1, 0.15) is 34.0 Å². The van der Waals surface area contributed by atoms with Gasteiger partial charge in [-0.15, -0.1) is 0 Å². The van der Waals surface area contributed by atoms with E-state index in [2.05, 4.69) is 5.32 Å². The number of carbonyl (C=O) groups excluding carboxylic acids is 2. The highest BCUT2D eigenvalue weighted by Crippen LogP contribution is 2.23. The van der Waals surface area contributed by atoms with Crippen molar-refractivity contribution in [3.63, 3.8) is 0 Å². The number of hydrogen-bond donors (Lipinski definition) is 3. The summed E-state index contributed by atoms with van der Waals surface area (Å²) < 4.78 is 4.98. The van der Waals surface area contributed by atoms with Gasteiger partial charge >= 0.3 is 5.97 Å². The quantitative estimate of drug-likeness (QED) is 0.407. The van der Waals surface area contributed by atoms with Gasteiger partial charge in [-0.05, 0) is 48.4 Å². The zero-order chi connectivity index (χ0) is 20.1. The Bertz CT molecular complexity index is 935. The van der Waals surface area contributed by atoms with E-state index in [1.54, 1.807) is 31.2 Å². The molecule has 0 aromatic heterocycles. The van der Waals surface area contributed by atoms with Gasteiger partial charge in [0.1, 0.15) is 12.4 Å². The summed E-state index contributed by atoms with van der Waals surface area (Å²) in [5.74, 6) is -0.528. The number of nitrogens with zero attached hydrogens (tertiary/aromatic N) is 1. The molecule has 1 aliphatic heterocycles. The number of benzene rings is 2. The standard InChI is InChI=1S/C21H22N4O3/c1-2-28-19(26)13-25-10-9-16-11-18(8-7-17(16)12-25)24-21(27)15-5-3-14(4-6-15)20(22)23/h3-11H,2,12-13H2,1H3,(H3,22,23)(H,24,27). The number of fused-ring (bicyclic) bond motifs is 1. The van der Waals surface area contributed by atoms with E-state index in [1.165, 1.54) is 0 Å². The molecule has 0 bridgehead atoms. The van der Waals surface area contributed by atoms with Gasteiger partial charge in [-0.2, -0.15) is 0 Å². The number of nitrogens with one attached hydrogen (secondary N) is 2. The number of nitrogens with two attached hydrogens (primary N) is 1. The van der Waals surface area contributed by atoms with E-state index < -0.39 is 0 Å². The molecule has 0 aliphatic carbocycles. The molecule has 0 atom stereocenters. The summed E-state index contributed by atoms with van der Waals surface area (Å²) in [5.41, 5.74) is 9.22. The molecule has 28 heavy (non-hydrogen) atoms. The van der Waals surface area contributed by atoms with E-state index in [4.69, 9.17) is 15.9 Å². The fourth-order valence-corrected chi connectivity index (χ4v) is 2.91. The topological polar surface area (TPSA) is 109 Å². The highest BCUT2D eigenvalue weighted by atomic mass is 16.5. The summed E-state index contributed by atoms with van der Waals surface area (Å²) in [6, 6.07) is 12.2. The molecule has 3 rings (SSSR count). The van der Waals surface area contributed by atoms with Crippen molar-refractivity contribution < 1.29 is 14.3 Å². The van der Waals surface area contributed by atoms with Gasteiger partial charge in [-0.25, -0.2) is 0 Å². The number of hydrogen-bond acceptors (Lipinski definition) is 5.